The third-order valence-electron chi connectivity index (χ3n) is 0. The second-order valence-electron chi connectivity index (χ2n) is 1.54. The van der Waals surface area contributed by atoms with Crippen LogP contribution in [0.15, 0.2) is 0 Å². The number of phosphoric acid groups is 3. The van der Waals surface area contributed by atoms with E-state index >= 15 is 0 Å². The fraction of sp³-hybridized carbons (Fsp3) is 0. The number of halogens is 1. The van der Waals surface area contributed by atoms with Crippen molar-refractivity contribution in [3.8, 4) is 0 Å². The first-order valence-electron chi connectivity index (χ1n) is 2.35. The van der Waals surface area contributed by atoms with Gasteiger partial charge in [-0.3, -0.25) is 0 Å². The SMILES string of the molecule is Cl.O=P(O)(O)O.O=P(O)(O)O.O=P(O)(O)O. The zero-order valence-electron chi connectivity index (χ0n) is 7.00. The lowest BCUT2D eigenvalue weighted by Crippen LogP contribution is -1.66. The molecule has 9 N–H and O–H groups in total. The van der Waals surface area contributed by atoms with E-state index in [1.54, 1.807) is 0 Å². The van der Waals surface area contributed by atoms with Crippen LogP contribution in [0.2, 0.25) is 0 Å². The second-order valence-corrected chi connectivity index (χ2v) is 4.62. The molecule has 0 bridgehead atoms. The van der Waals surface area contributed by atoms with E-state index in [0.717, 1.165) is 0 Å². The fourth-order valence-corrected chi connectivity index (χ4v) is 0. The first-order chi connectivity index (χ1) is 6.00. The predicted molar refractivity (Wildman–Crippen MR) is 50.0 cm³/mol. The quantitative estimate of drug-likeness (QED) is 0.212. The van der Waals surface area contributed by atoms with Crippen molar-refractivity contribution in [2.24, 2.45) is 0 Å². The Balaban J connectivity index is -0.0000000655. The minimum Gasteiger partial charge on any atom is -0.303 e. The van der Waals surface area contributed by atoms with Crippen molar-refractivity contribution >= 4 is 35.9 Å². The Kier molecular flexibility index (Phi) is 15.3. The lowest BCUT2D eigenvalue weighted by atomic mass is 15.8. The van der Waals surface area contributed by atoms with Crippen molar-refractivity contribution in [3.05, 3.63) is 0 Å². The molecule has 0 aromatic carbocycles. The molecular formula is H10ClO12P3. The van der Waals surface area contributed by atoms with Crippen LogP contribution in [0.5, 0.6) is 0 Å². The molecular weight excluding hydrogens is 320 g/mol. The molecule has 0 fully saturated rings. The van der Waals surface area contributed by atoms with Gasteiger partial charge in [-0.25, -0.2) is 13.7 Å². The topological polar surface area (TPSA) is 233 Å². The van der Waals surface area contributed by atoms with Crippen molar-refractivity contribution in [1.82, 2.24) is 0 Å². The molecule has 0 saturated heterocycles. The minimum atomic E-state index is -4.64. The zero-order valence-corrected chi connectivity index (χ0v) is 10.5. The molecule has 0 aromatic rings. The first kappa shape index (κ1) is 25.5. The molecule has 0 aliphatic carbocycles. The maximum atomic E-state index is 8.88. The van der Waals surface area contributed by atoms with Crippen LogP contribution < -0.4 is 0 Å². The molecule has 104 valence electrons. The maximum Gasteiger partial charge on any atom is 0.466 e. The molecule has 0 saturated carbocycles. The summed E-state index contributed by atoms with van der Waals surface area (Å²) in [5.74, 6) is 0. The van der Waals surface area contributed by atoms with Gasteiger partial charge in [-0.1, -0.05) is 0 Å². The Morgan fingerprint density at radius 3 is 0.438 bits per heavy atom. The van der Waals surface area contributed by atoms with Gasteiger partial charge < -0.3 is 44.0 Å². The monoisotopic (exact) mass is 330 g/mol. The summed E-state index contributed by atoms with van der Waals surface area (Å²) >= 11 is 0. The van der Waals surface area contributed by atoms with Crippen LogP contribution in [0.1, 0.15) is 0 Å². The normalized spacial score (nSPS) is 11.1. The fourth-order valence-electron chi connectivity index (χ4n) is 0. The predicted octanol–water partition coefficient (Wildman–Crippen LogP) is -2.36. The summed E-state index contributed by atoms with van der Waals surface area (Å²) in [6.07, 6.45) is 0. The molecule has 0 unspecified atom stereocenters. The largest absolute Gasteiger partial charge is 0.466 e. The summed E-state index contributed by atoms with van der Waals surface area (Å²) in [7, 11) is -13.9. The van der Waals surface area contributed by atoms with Gasteiger partial charge in [-0.05, 0) is 0 Å². The van der Waals surface area contributed by atoms with E-state index in [1.165, 1.54) is 0 Å². The van der Waals surface area contributed by atoms with Crippen LogP contribution in [0.3, 0.4) is 0 Å². The minimum absolute atomic E-state index is 0. The summed E-state index contributed by atoms with van der Waals surface area (Å²) in [4.78, 5) is 64.7. The number of rotatable bonds is 0. The Labute approximate surface area is 94.3 Å². The average Bonchev–Trinajstić information content (AvgIpc) is 1.41. The van der Waals surface area contributed by atoms with Crippen molar-refractivity contribution in [2.75, 3.05) is 0 Å². The molecule has 16 heteroatoms. The highest BCUT2D eigenvalue weighted by Crippen LogP contribution is 2.26. The van der Waals surface area contributed by atoms with E-state index in [1.807, 2.05) is 0 Å². The third-order valence-corrected chi connectivity index (χ3v) is 0. The Bertz CT molecular complexity index is 202. The molecule has 0 rings (SSSR count). The van der Waals surface area contributed by atoms with Gasteiger partial charge >= 0.3 is 23.5 Å². The van der Waals surface area contributed by atoms with E-state index < -0.39 is 23.5 Å². The van der Waals surface area contributed by atoms with Crippen LogP contribution in [-0.2, 0) is 13.7 Å². The molecule has 0 heterocycles. The third kappa shape index (κ3) is 7060. The van der Waals surface area contributed by atoms with Gasteiger partial charge in [0, 0.05) is 0 Å². The van der Waals surface area contributed by atoms with Gasteiger partial charge in [0.05, 0.1) is 0 Å². The summed E-state index contributed by atoms with van der Waals surface area (Å²) in [5, 5.41) is 0. The van der Waals surface area contributed by atoms with Gasteiger partial charge in [-0.15, -0.1) is 12.4 Å². The first-order valence-corrected chi connectivity index (χ1v) is 7.04. The lowest BCUT2D eigenvalue weighted by molar-refractivity contribution is 0.272. The van der Waals surface area contributed by atoms with Crippen LogP contribution in [0, 0.1) is 0 Å². The summed E-state index contributed by atoms with van der Waals surface area (Å²) < 4.78 is 26.6. The standard InChI is InChI=1S/ClH.3H3O4P/c;3*1-5(2,3)4/h1H;3*(H3,1,2,3,4). The molecule has 0 atom stereocenters. The van der Waals surface area contributed by atoms with Crippen LogP contribution in [0.25, 0.3) is 0 Å². The van der Waals surface area contributed by atoms with E-state index in [4.69, 9.17) is 57.7 Å². The number of hydrogen-bond acceptors (Lipinski definition) is 3. The Hall–Kier alpha value is 0.620. The van der Waals surface area contributed by atoms with E-state index in [2.05, 4.69) is 0 Å². The Morgan fingerprint density at radius 1 is 0.438 bits per heavy atom. The van der Waals surface area contributed by atoms with Crippen LogP contribution in [0.4, 0.5) is 0 Å². The molecule has 0 aliphatic heterocycles. The number of hydrogen-bond donors (Lipinski definition) is 9. The highest BCUT2D eigenvalue weighted by Gasteiger charge is 2.01. The molecule has 0 aliphatic rings. The summed E-state index contributed by atoms with van der Waals surface area (Å²) in [6, 6.07) is 0. The van der Waals surface area contributed by atoms with Gasteiger partial charge in [0.1, 0.15) is 0 Å². The molecule has 0 spiro atoms. The van der Waals surface area contributed by atoms with Crippen molar-refractivity contribution in [2.45, 2.75) is 0 Å². The van der Waals surface area contributed by atoms with E-state index in [0.29, 0.717) is 0 Å². The lowest BCUT2D eigenvalue weighted by Gasteiger charge is -1.82. The zero-order chi connectivity index (χ0) is 13.5. The average molecular weight is 330 g/mol. The van der Waals surface area contributed by atoms with Gasteiger partial charge in [0.15, 0.2) is 0 Å². The second kappa shape index (κ2) is 9.63. The smallest absolute Gasteiger partial charge is 0.303 e. The molecule has 16 heavy (non-hydrogen) atoms. The van der Waals surface area contributed by atoms with Crippen LogP contribution >= 0.6 is 35.9 Å². The van der Waals surface area contributed by atoms with Gasteiger partial charge in [0.25, 0.3) is 0 Å². The molecule has 0 aromatic heterocycles. The van der Waals surface area contributed by atoms with Crippen LogP contribution in [-0.4, -0.2) is 44.0 Å². The summed E-state index contributed by atoms with van der Waals surface area (Å²) in [5.41, 5.74) is 0. The maximum absolute atomic E-state index is 8.88. The van der Waals surface area contributed by atoms with Gasteiger partial charge in [-0.2, -0.15) is 0 Å². The highest BCUT2D eigenvalue weighted by atomic mass is 35.5. The van der Waals surface area contributed by atoms with Crippen molar-refractivity contribution in [3.63, 3.8) is 0 Å². The van der Waals surface area contributed by atoms with Crippen molar-refractivity contribution in [1.29, 1.82) is 0 Å². The molecule has 12 nitrogen and oxygen atoms in total. The molecule has 0 amide bonds. The van der Waals surface area contributed by atoms with E-state index in [9.17, 15) is 0 Å². The van der Waals surface area contributed by atoms with Crippen molar-refractivity contribution < 1.29 is 57.7 Å². The summed E-state index contributed by atoms with van der Waals surface area (Å²) in [6.45, 7) is 0. The van der Waals surface area contributed by atoms with Gasteiger partial charge in [0.2, 0.25) is 0 Å². The highest BCUT2D eigenvalue weighted by molar-refractivity contribution is 7.45. The molecule has 0 radical (unpaired) electrons. The van der Waals surface area contributed by atoms with E-state index in [-0.39, 0.29) is 12.4 Å². The Morgan fingerprint density at radius 2 is 0.438 bits per heavy atom.